The molecule has 3 N–H and O–H groups in total. The summed E-state index contributed by atoms with van der Waals surface area (Å²) in [6.45, 7) is 0. The monoisotopic (exact) mass is 133 g/mol. The maximum Gasteiger partial charge on any atom is 0.110 e. The van der Waals surface area contributed by atoms with Crippen molar-refractivity contribution in [2.24, 2.45) is 0 Å². The van der Waals surface area contributed by atoms with E-state index in [9.17, 15) is 0 Å². The number of anilines is 1. The smallest absolute Gasteiger partial charge is 0.110 e. The lowest BCUT2D eigenvalue weighted by atomic mass is 10.3. The summed E-state index contributed by atoms with van der Waals surface area (Å²) >= 11 is 0. The fourth-order valence-electron chi connectivity index (χ4n) is 0.989. The molecule has 0 bridgehead atoms. The molecule has 0 aliphatic rings. The van der Waals surface area contributed by atoms with E-state index < -0.39 is 0 Å². The second-order valence-electron chi connectivity index (χ2n) is 2.17. The van der Waals surface area contributed by atoms with Crippen LogP contribution in [-0.2, 0) is 0 Å². The number of pyridine rings is 1. The van der Waals surface area contributed by atoms with Crippen molar-refractivity contribution in [1.29, 1.82) is 0 Å². The number of hydrogen-bond acceptors (Lipinski definition) is 2. The van der Waals surface area contributed by atoms with Crippen LogP contribution >= 0.6 is 0 Å². The standard InChI is InChI=1S/C7H7N3/c8-7-6-4-9-2-1-5(6)3-10-7/h1-4,10H,8H2. The first-order valence-electron chi connectivity index (χ1n) is 3.04. The highest BCUT2D eigenvalue weighted by molar-refractivity contribution is 5.90. The van der Waals surface area contributed by atoms with Gasteiger partial charge in [0.05, 0.1) is 0 Å². The summed E-state index contributed by atoms with van der Waals surface area (Å²) < 4.78 is 0. The zero-order valence-electron chi connectivity index (χ0n) is 5.33. The zero-order valence-corrected chi connectivity index (χ0v) is 5.33. The van der Waals surface area contributed by atoms with E-state index >= 15 is 0 Å². The first-order valence-corrected chi connectivity index (χ1v) is 3.04. The number of nitrogens with two attached hydrogens (primary N) is 1. The summed E-state index contributed by atoms with van der Waals surface area (Å²) in [5.74, 6) is 0.683. The summed E-state index contributed by atoms with van der Waals surface area (Å²) in [5.41, 5.74) is 5.58. The summed E-state index contributed by atoms with van der Waals surface area (Å²) in [7, 11) is 0. The van der Waals surface area contributed by atoms with Crippen LogP contribution in [0.25, 0.3) is 10.8 Å². The van der Waals surface area contributed by atoms with Crippen LogP contribution in [0.1, 0.15) is 0 Å². The van der Waals surface area contributed by atoms with Crippen molar-refractivity contribution >= 4 is 16.6 Å². The summed E-state index contributed by atoms with van der Waals surface area (Å²) in [6.07, 6.45) is 5.36. The van der Waals surface area contributed by atoms with Gasteiger partial charge in [0, 0.05) is 29.4 Å². The number of aromatic amines is 1. The second-order valence-corrected chi connectivity index (χ2v) is 2.17. The molecular weight excluding hydrogens is 126 g/mol. The number of hydrogen-bond donors (Lipinski definition) is 2. The Balaban J connectivity index is 2.93. The van der Waals surface area contributed by atoms with E-state index in [-0.39, 0.29) is 0 Å². The highest BCUT2D eigenvalue weighted by Gasteiger charge is 1.96. The molecule has 2 heterocycles. The molecule has 0 aliphatic heterocycles. The minimum atomic E-state index is 0.683. The van der Waals surface area contributed by atoms with Crippen LogP contribution in [0.2, 0.25) is 0 Å². The SMILES string of the molecule is Nc1[nH]cc2ccncc12. The van der Waals surface area contributed by atoms with Gasteiger partial charge in [0.2, 0.25) is 0 Å². The van der Waals surface area contributed by atoms with Gasteiger partial charge < -0.3 is 10.7 Å². The number of nitrogen functional groups attached to an aromatic ring is 1. The maximum absolute atomic E-state index is 5.58. The molecule has 0 saturated heterocycles. The first-order chi connectivity index (χ1) is 4.88. The minimum absolute atomic E-state index is 0.683. The van der Waals surface area contributed by atoms with Crippen LogP contribution in [0.3, 0.4) is 0 Å². The molecule has 2 rings (SSSR count). The van der Waals surface area contributed by atoms with Crippen LogP contribution < -0.4 is 5.73 Å². The molecule has 3 heteroatoms. The summed E-state index contributed by atoms with van der Waals surface area (Å²) in [6, 6.07) is 1.92. The molecule has 0 unspecified atom stereocenters. The molecule has 0 atom stereocenters. The van der Waals surface area contributed by atoms with Crippen molar-refractivity contribution in [3.05, 3.63) is 24.7 Å². The van der Waals surface area contributed by atoms with Gasteiger partial charge in [-0.3, -0.25) is 4.98 Å². The van der Waals surface area contributed by atoms with Crippen LogP contribution in [0.4, 0.5) is 5.82 Å². The number of nitrogens with one attached hydrogen (secondary N) is 1. The van der Waals surface area contributed by atoms with E-state index in [4.69, 9.17) is 5.73 Å². The van der Waals surface area contributed by atoms with Gasteiger partial charge in [-0.25, -0.2) is 0 Å². The predicted octanol–water partition coefficient (Wildman–Crippen LogP) is 1.15. The molecule has 0 aromatic carbocycles. The second kappa shape index (κ2) is 1.73. The highest BCUT2D eigenvalue weighted by Crippen LogP contribution is 2.16. The van der Waals surface area contributed by atoms with Gasteiger partial charge >= 0.3 is 0 Å². The third kappa shape index (κ3) is 0.572. The lowest BCUT2D eigenvalue weighted by Gasteiger charge is -1.86. The van der Waals surface area contributed by atoms with Crippen LogP contribution in [0.5, 0.6) is 0 Å². The van der Waals surface area contributed by atoms with Crippen molar-refractivity contribution in [2.75, 3.05) is 5.73 Å². The Morgan fingerprint density at radius 1 is 1.50 bits per heavy atom. The molecule has 0 saturated carbocycles. The summed E-state index contributed by atoms with van der Waals surface area (Å²) in [4.78, 5) is 6.86. The van der Waals surface area contributed by atoms with E-state index in [0.717, 1.165) is 10.8 Å². The van der Waals surface area contributed by atoms with E-state index in [1.165, 1.54) is 0 Å². The molecular formula is C7H7N3. The Hall–Kier alpha value is -1.51. The normalized spacial score (nSPS) is 10.4. The van der Waals surface area contributed by atoms with Gasteiger partial charge in [0.25, 0.3) is 0 Å². The fourth-order valence-corrected chi connectivity index (χ4v) is 0.989. The van der Waals surface area contributed by atoms with Crippen molar-refractivity contribution < 1.29 is 0 Å². The Morgan fingerprint density at radius 2 is 2.40 bits per heavy atom. The number of H-pyrrole nitrogens is 1. The summed E-state index contributed by atoms with van der Waals surface area (Å²) in [5, 5.41) is 2.09. The van der Waals surface area contributed by atoms with E-state index in [0.29, 0.717) is 5.82 Å². The number of rotatable bonds is 0. The van der Waals surface area contributed by atoms with Gasteiger partial charge in [-0.15, -0.1) is 0 Å². The Morgan fingerprint density at radius 3 is 3.20 bits per heavy atom. The molecule has 2 aromatic rings. The average Bonchev–Trinajstić information content (AvgIpc) is 2.34. The molecule has 0 spiro atoms. The fraction of sp³-hybridized carbons (Fsp3) is 0. The van der Waals surface area contributed by atoms with Gasteiger partial charge in [-0.1, -0.05) is 0 Å². The van der Waals surface area contributed by atoms with Gasteiger partial charge in [-0.2, -0.15) is 0 Å². The van der Waals surface area contributed by atoms with Crippen LogP contribution in [0, 0.1) is 0 Å². The number of nitrogens with zero attached hydrogens (tertiary/aromatic N) is 1. The van der Waals surface area contributed by atoms with Crippen LogP contribution in [0.15, 0.2) is 24.7 Å². The average molecular weight is 133 g/mol. The maximum atomic E-state index is 5.58. The largest absolute Gasteiger partial charge is 0.385 e. The van der Waals surface area contributed by atoms with E-state index in [1.54, 1.807) is 12.4 Å². The minimum Gasteiger partial charge on any atom is -0.385 e. The number of aromatic nitrogens is 2. The Labute approximate surface area is 57.9 Å². The molecule has 0 radical (unpaired) electrons. The highest BCUT2D eigenvalue weighted by atomic mass is 14.8. The lowest BCUT2D eigenvalue weighted by Crippen LogP contribution is -1.82. The Bertz CT molecular complexity index is 350. The number of fused-ring (bicyclic) bond motifs is 1. The molecule has 0 aliphatic carbocycles. The lowest BCUT2D eigenvalue weighted by molar-refractivity contribution is 1.37. The Kier molecular flexibility index (Phi) is 0.917. The topological polar surface area (TPSA) is 54.7 Å². The molecule has 0 fully saturated rings. The molecule has 3 nitrogen and oxygen atoms in total. The van der Waals surface area contributed by atoms with Crippen molar-refractivity contribution in [3.8, 4) is 0 Å². The first kappa shape index (κ1) is 5.29. The van der Waals surface area contributed by atoms with Gasteiger partial charge in [0.15, 0.2) is 0 Å². The molecule has 0 amide bonds. The molecule has 2 aromatic heterocycles. The third-order valence-electron chi connectivity index (χ3n) is 1.53. The molecule has 50 valence electrons. The van der Waals surface area contributed by atoms with Crippen molar-refractivity contribution in [1.82, 2.24) is 9.97 Å². The van der Waals surface area contributed by atoms with E-state index in [1.807, 2.05) is 12.3 Å². The third-order valence-corrected chi connectivity index (χ3v) is 1.53. The van der Waals surface area contributed by atoms with Crippen molar-refractivity contribution in [2.45, 2.75) is 0 Å². The van der Waals surface area contributed by atoms with Gasteiger partial charge in [-0.05, 0) is 6.07 Å². The van der Waals surface area contributed by atoms with Gasteiger partial charge in [0.1, 0.15) is 5.82 Å². The molecule has 10 heavy (non-hydrogen) atoms. The zero-order chi connectivity index (χ0) is 6.97. The predicted molar refractivity (Wildman–Crippen MR) is 40.5 cm³/mol. The quantitative estimate of drug-likeness (QED) is 0.566. The van der Waals surface area contributed by atoms with Crippen LogP contribution in [-0.4, -0.2) is 9.97 Å². The van der Waals surface area contributed by atoms with E-state index in [2.05, 4.69) is 9.97 Å². The van der Waals surface area contributed by atoms with Crippen molar-refractivity contribution in [3.63, 3.8) is 0 Å².